The second-order valence-corrected chi connectivity index (χ2v) is 5.01. The van der Waals surface area contributed by atoms with Gasteiger partial charge in [-0.2, -0.15) is 10.1 Å². The van der Waals surface area contributed by atoms with Crippen molar-refractivity contribution < 1.29 is 4.74 Å². The van der Waals surface area contributed by atoms with Gasteiger partial charge in [-0.3, -0.25) is 0 Å². The molecule has 0 spiro atoms. The highest BCUT2D eigenvalue weighted by atomic mass is 16.5. The molecule has 0 amide bonds. The Kier molecular flexibility index (Phi) is 4.33. The molecule has 2 N–H and O–H groups in total. The number of ether oxygens (including phenoxy) is 1. The molecule has 6 heteroatoms. The summed E-state index contributed by atoms with van der Waals surface area (Å²) in [5.74, 6) is 1.79. The van der Waals surface area contributed by atoms with E-state index in [1.165, 1.54) is 5.56 Å². The molecule has 0 aliphatic heterocycles. The summed E-state index contributed by atoms with van der Waals surface area (Å²) in [5.41, 5.74) is 2.99. The Bertz CT molecular complexity index is 789. The minimum Gasteiger partial charge on any atom is -0.497 e. The van der Waals surface area contributed by atoms with E-state index in [0.29, 0.717) is 11.8 Å². The molecule has 1 heterocycles. The number of rotatable bonds is 5. The molecule has 0 saturated carbocycles. The zero-order valence-electron chi connectivity index (χ0n) is 12.9. The maximum atomic E-state index is 5.20. The standard InChI is InChI=1S/C17H17N5O/c1-12-6-8-13(9-7-12)19-16-11-18-22-17(21-16)20-14-4-3-5-15(10-14)23-2/h3-11H,1-2H3,(H2,19,20,21,22). The van der Waals surface area contributed by atoms with Crippen LogP contribution in [0, 0.1) is 6.92 Å². The van der Waals surface area contributed by atoms with E-state index in [2.05, 4.69) is 25.8 Å². The second-order valence-electron chi connectivity index (χ2n) is 5.01. The zero-order chi connectivity index (χ0) is 16.1. The molecule has 0 unspecified atom stereocenters. The number of nitrogens with one attached hydrogen (secondary N) is 2. The van der Waals surface area contributed by atoms with E-state index >= 15 is 0 Å². The second kappa shape index (κ2) is 6.74. The summed E-state index contributed by atoms with van der Waals surface area (Å²) >= 11 is 0. The van der Waals surface area contributed by atoms with Gasteiger partial charge in [-0.25, -0.2) is 0 Å². The van der Waals surface area contributed by atoms with E-state index in [4.69, 9.17) is 4.74 Å². The maximum absolute atomic E-state index is 5.20. The lowest BCUT2D eigenvalue weighted by Gasteiger charge is -2.08. The fourth-order valence-corrected chi connectivity index (χ4v) is 2.03. The van der Waals surface area contributed by atoms with E-state index < -0.39 is 0 Å². The van der Waals surface area contributed by atoms with Gasteiger partial charge in [0.15, 0.2) is 5.82 Å². The highest BCUT2D eigenvalue weighted by Crippen LogP contribution is 2.20. The first kappa shape index (κ1) is 14.8. The fourth-order valence-electron chi connectivity index (χ4n) is 2.03. The summed E-state index contributed by atoms with van der Waals surface area (Å²) in [6, 6.07) is 15.6. The monoisotopic (exact) mass is 307 g/mol. The van der Waals surface area contributed by atoms with Crippen molar-refractivity contribution in [3.63, 3.8) is 0 Å². The van der Waals surface area contributed by atoms with E-state index in [-0.39, 0.29) is 0 Å². The number of aryl methyl sites for hydroxylation is 1. The van der Waals surface area contributed by atoms with Gasteiger partial charge in [0, 0.05) is 17.4 Å². The quantitative estimate of drug-likeness (QED) is 0.749. The molecule has 0 atom stereocenters. The van der Waals surface area contributed by atoms with Gasteiger partial charge >= 0.3 is 0 Å². The number of hydrogen-bond acceptors (Lipinski definition) is 6. The van der Waals surface area contributed by atoms with Gasteiger partial charge in [0.2, 0.25) is 5.95 Å². The van der Waals surface area contributed by atoms with Crippen LogP contribution in [0.15, 0.2) is 54.7 Å². The van der Waals surface area contributed by atoms with Crippen molar-refractivity contribution in [2.75, 3.05) is 17.7 Å². The van der Waals surface area contributed by atoms with E-state index in [1.54, 1.807) is 13.3 Å². The topological polar surface area (TPSA) is 72.0 Å². The Labute approximate surface area is 134 Å². The lowest BCUT2D eigenvalue weighted by atomic mass is 10.2. The molecule has 3 aromatic rings. The van der Waals surface area contributed by atoms with E-state index in [1.807, 2.05) is 55.5 Å². The molecule has 3 rings (SSSR count). The third kappa shape index (κ3) is 3.94. The van der Waals surface area contributed by atoms with Gasteiger partial charge in [-0.15, -0.1) is 5.10 Å². The number of anilines is 4. The third-order valence-corrected chi connectivity index (χ3v) is 3.21. The van der Waals surface area contributed by atoms with Gasteiger partial charge in [-0.05, 0) is 31.2 Å². The highest BCUT2D eigenvalue weighted by molar-refractivity contribution is 5.59. The van der Waals surface area contributed by atoms with Gasteiger partial charge < -0.3 is 15.4 Å². The summed E-state index contributed by atoms with van der Waals surface area (Å²) < 4.78 is 5.20. The Balaban J connectivity index is 1.75. The van der Waals surface area contributed by atoms with Crippen LogP contribution in [0.5, 0.6) is 5.75 Å². The zero-order valence-corrected chi connectivity index (χ0v) is 12.9. The Morgan fingerprint density at radius 3 is 2.57 bits per heavy atom. The Morgan fingerprint density at radius 2 is 1.78 bits per heavy atom. The molecular formula is C17H17N5O. The SMILES string of the molecule is COc1cccc(Nc2nncc(Nc3ccc(C)cc3)n2)c1. The number of nitrogens with zero attached hydrogens (tertiary/aromatic N) is 3. The van der Waals surface area contributed by atoms with Crippen LogP contribution in [0.25, 0.3) is 0 Å². The van der Waals surface area contributed by atoms with Crippen LogP contribution in [0.3, 0.4) is 0 Å². The number of methoxy groups -OCH3 is 1. The lowest BCUT2D eigenvalue weighted by molar-refractivity contribution is 0.415. The average molecular weight is 307 g/mol. The van der Waals surface area contributed by atoms with Gasteiger partial charge in [0.25, 0.3) is 0 Å². The van der Waals surface area contributed by atoms with Crippen LogP contribution < -0.4 is 15.4 Å². The van der Waals surface area contributed by atoms with Crippen molar-refractivity contribution in [1.82, 2.24) is 15.2 Å². The highest BCUT2D eigenvalue weighted by Gasteiger charge is 2.03. The fraction of sp³-hybridized carbons (Fsp3) is 0.118. The predicted molar refractivity (Wildman–Crippen MR) is 90.6 cm³/mol. The molecular weight excluding hydrogens is 290 g/mol. The van der Waals surface area contributed by atoms with Gasteiger partial charge in [-0.1, -0.05) is 23.8 Å². The van der Waals surface area contributed by atoms with Gasteiger partial charge in [0.1, 0.15) is 5.75 Å². The summed E-state index contributed by atoms with van der Waals surface area (Å²) in [6.45, 7) is 2.05. The lowest BCUT2D eigenvalue weighted by Crippen LogP contribution is -2.02. The first-order chi connectivity index (χ1) is 11.2. The van der Waals surface area contributed by atoms with Crippen LogP contribution in [0.1, 0.15) is 5.56 Å². The van der Waals surface area contributed by atoms with Gasteiger partial charge in [0.05, 0.1) is 13.3 Å². The van der Waals surface area contributed by atoms with Crippen molar-refractivity contribution in [2.24, 2.45) is 0 Å². The summed E-state index contributed by atoms with van der Waals surface area (Å²) in [4.78, 5) is 4.40. The number of benzene rings is 2. The molecule has 0 bridgehead atoms. The first-order valence-electron chi connectivity index (χ1n) is 7.17. The first-order valence-corrected chi connectivity index (χ1v) is 7.17. The Hall–Kier alpha value is -3.15. The normalized spacial score (nSPS) is 10.2. The largest absolute Gasteiger partial charge is 0.497 e. The van der Waals surface area contributed by atoms with Crippen LogP contribution in [0.2, 0.25) is 0 Å². The number of hydrogen-bond donors (Lipinski definition) is 2. The van der Waals surface area contributed by atoms with Crippen LogP contribution in [0.4, 0.5) is 23.1 Å². The summed E-state index contributed by atoms with van der Waals surface area (Å²) in [7, 11) is 1.63. The van der Waals surface area contributed by atoms with Crippen molar-refractivity contribution in [2.45, 2.75) is 6.92 Å². The molecule has 23 heavy (non-hydrogen) atoms. The molecule has 0 aliphatic rings. The molecule has 6 nitrogen and oxygen atoms in total. The average Bonchev–Trinajstić information content (AvgIpc) is 2.57. The van der Waals surface area contributed by atoms with Crippen molar-refractivity contribution >= 4 is 23.1 Å². The molecule has 1 aromatic heterocycles. The van der Waals surface area contributed by atoms with Crippen molar-refractivity contribution in [3.05, 3.63) is 60.3 Å². The Morgan fingerprint density at radius 1 is 0.957 bits per heavy atom. The molecule has 0 radical (unpaired) electrons. The molecule has 0 saturated heterocycles. The van der Waals surface area contributed by atoms with E-state index in [9.17, 15) is 0 Å². The molecule has 0 aliphatic carbocycles. The van der Waals surface area contributed by atoms with Crippen molar-refractivity contribution in [1.29, 1.82) is 0 Å². The van der Waals surface area contributed by atoms with Crippen LogP contribution in [-0.2, 0) is 0 Å². The molecule has 116 valence electrons. The van der Waals surface area contributed by atoms with Crippen LogP contribution in [-0.4, -0.2) is 22.3 Å². The number of aromatic nitrogens is 3. The molecule has 2 aromatic carbocycles. The van der Waals surface area contributed by atoms with E-state index in [0.717, 1.165) is 17.1 Å². The molecule has 0 fully saturated rings. The summed E-state index contributed by atoms with van der Waals surface area (Å²) in [5, 5.41) is 14.3. The van der Waals surface area contributed by atoms with Crippen molar-refractivity contribution in [3.8, 4) is 5.75 Å². The predicted octanol–water partition coefficient (Wildman–Crippen LogP) is 3.68. The minimum atomic E-state index is 0.412. The smallest absolute Gasteiger partial charge is 0.249 e. The van der Waals surface area contributed by atoms with Crippen LogP contribution >= 0.6 is 0 Å². The third-order valence-electron chi connectivity index (χ3n) is 3.21. The maximum Gasteiger partial charge on any atom is 0.249 e. The summed E-state index contributed by atoms with van der Waals surface area (Å²) in [6.07, 6.45) is 1.58. The minimum absolute atomic E-state index is 0.412.